The molecule has 2 rings (SSSR count). The van der Waals surface area contributed by atoms with E-state index in [1.807, 2.05) is 0 Å². The molecule has 2 N–H and O–H groups in total. The van der Waals surface area contributed by atoms with Crippen LogP contribution in [0.25, 0.3) is 0 Å². The van der Waals surface area contributed by atoms with Gasteiger partial charge in [0.2, 0.25) is 0 Å². The van der Waals surface area contributed by atoms with E-state index in [0.29, 0.717) is 0 Å². The predicted octanol–water partition coefficient (Wildman–Crippen LogP) is 0.613. The number of nitrogens with zero attached hydrogens (tertiary/aromatic N) is 1. The van der Waals surface area contributed by atoms with Crippen LogP contribution in [0.1, 0.15) is 21.9 Å². The number of carboxylic acid groups (broad SMARTS) is 1. The molecular weight excluding hydrogens is 170 g/mol. The van der Waals surface area contributed by atoms with Crippen molar-refractivity contribution in [3.63, 3.8) is 0 Å². The van der Waals surface area contributed by atoms with E-state index in [1.54, 1.807) is 0 Å². The average Bonchev–Trinajstić information content (AvgIpc) is 2.74. The van der Waals surface area contributed by atoms with E-state index in [2.05, 4.69) is 0 Å². The Kier molecular flexibility index (Phi) is 0.763. The lowest BCUT2D eigenvalue weighted by Crippen LogP contribution is -2.41. The summed E-state index contributed by atoms with van der Waals surface area (Å²) in [6.07, 6.45) is -1.27. The number of hydrogen-bond acceptors (Lipinski definition) is 2. The fourth-order valence-electron chi connectivity index (χ4n) is 2.29. The summed E-state index contributed by atoms with van der Waals surface area (Å²) in [7, 11) is 0. The molecule has 74 valence electrons. The standard InChI is InChI=1S/C9H15NO3/c1-9(2)5-3-10(8(12)13)6(4-11)7(5)9/h5-7,11H,3-4H2,1-2H3,(H,12,13)/i1D3,2D3. The van der Waals surface area contributed by atoms with Crippen molar-refractivity contribution in [2.75, 3.05) is 13.2 Å². The third-order valence-electron chi connectivity index (χ3n) is 3.08. The Bertz CT molecular complexity index is 392. The molecular formula is C9H15NO3. The molecule has 0 aromatic rings. The quantitative estimate of drug-likeness (QED) is 0.638. The van der Waals surface area contributed by atoms with Gasteiger partial charge in [0.05, 0.1) is 12.6 Å². The topological polar surface area (TPSA) is 60.8 Å². The molecule has 1 saturated heterocycles. The second kappa shape index (κ2) is 2.38. The van der Waals surface area contributed by atoms with Gasteiger partial charge in [-0.15, -0.1) is 0 Å². The van der Waals surface area contributed by atoms with Crippen LogP contribution in [0, 0.1) is 17.3 Å². The monoisotopic (exact) mass is 191 g/mol. The molecule has 3 unspecified atom stereocenters. The molecule has 3 atom stereocenters. The summed E-state index contributed by atoms with van der Waals surface area (Å²) in [5, 5.41) is 18.2. The van der Waals surface area contributed by atoms with Gasteiger partial charge in [0.1, 0.15) is 0 Å². The van der Waals surface area contributed by atoms with Crippen LogP contribution in [-0.2, 0) is 0 Å². The van der Waals surface area contributed by atoms with Gasteiger partial charge in [-0.25, -0.2) is 4.79 Å². The molecule has 0 aromatic heterocycles. The maximum atomic E-state index is 11.0. The largest absolute Gasteiger partial charge is 0.465 e. The molecule has 1 aliphatic heterocycles. The van der Waals surface area contributed by atoms with Crippen molar-refractivity contribution in [3.8, 4) is 0 Å². The third-order valence-corrected chi connectivity index (χ3v) is 3.08. The van der Waals surface area contributed by atoms with E-state index in [-0.39, 0.29) is 6.54 Å². The number of amides is 1. The van der Waals surface area contributed by atoms with Crippen LogP contribution in [0.15, 0.2) is 0 Å². The van der Waals surface area contributed by atoms with Gasteiger partial charge in [0, 0.05) is 14.8 Å². The Morgan fingerprint density at radius 3 is 2.92 bits per heavy atom. The lowest BCUT2D eigenvalue weighted by molar-refractivity contribution is 0.0946. The van der Waals surface area contributed by atoms with Crippen molar-refractivity contribution < 1.29 is 23.2 Å². The Morgan fingerprint density at radius 1 is 1.77 bits per heavy atom. The Labute approximate surface area is 85.6 Å². The van der Waals surface area contributed by atoms with Crippen molar-refractivity contribution in [2.24, 2.45) is 17.3 Å². The van der Waals surface area contributed by atoms with E-state index >= 15 is 0 Å². The Morgan fingerprint density at radius 2 is 2.46 bits per heavy atom. The summed E-state index contributed by atoms with van der Waals surface area (Å²) in [5.74, 6) is -1.59. The predicted molar refractivity (Wildman–Crippen MR) is 46.4 cm³/mol. The molecule has 13 heavy (non-hydrogen) atoms. The molecule has 1 heterocycles. The highest BCUT2D eigenvalue weighted by atomic mass is 16.4. The van der Waals surface area contributed by atoms with E-state index in [0.717, 1.165) is 4.90 Å². The first-order valence-electron chi connectivity index (χ1n) is 7.10. The first-order valence-corrected chi connectivity index (χ1v) is 4.10. The first kappa shape index (κ1) is 4.17. The highest BCUT2D eigenvalue weighted by molar-refractivity contribution is 5.66. The smallest absolute Gasteiger partial charge is 0.407 e. The molecule has 0 bridgehead atoms. The van der Waals surface area contributed by atoms with E-state index in [1.165, 1.54) is 0 Å². The molecule has 2 fully saturated rings. The molecule has 1 saturated carbocycles. The van der Waals surface area contributed by atoms with Crippen LogP contribution in [-0.4, -0.2) is 40.4 Å². The van der Waals surface area contributed by atoms with Crippen LogP contribution < -0.4 is 0 Å². The van der Waals surface area contributed by atoms with Gasteiger partial charge in [-0.05, 0) is 17.3 Å². The van der Waals surface area contributed by atoms with Gasteiger partial charge < -0.3 is 15.1 Å². The molecule has 0 radical (unpaired) electrons. The zero-order valence-electron chi connectivity index (χ0n) is 12.9. The zero-order chi connectivity index (χ0) is 14.8. The van der Waals surface area contributed by atoms with E-state index < -0.39 is 49.7 Å². The third kappa shape index (κ3) is 0.981. The minimum atomic E-state index is -2.70. The maximum absolute atomic E-state index is 11.0. The highest BCUT2D eigenvalue weighted by Crippen LogP contribution is 2.64. The van der Waals surface area contributed by atoms with Crippen molar-refractivity contribution in [1.29, 1.82) is 0 Å². The molecule has 1 aliphatic carbocycles. The fraction of sp³-hybridized carbons (Fsp3) is 0.889. The summed E-state index contributed by atoms with van der Waals surface area (Å²) >= 11 is 0. The highest BCUT2D eigenvalue weighted by Gasteiger charge is 2.67. The number of hydrogen-bond donors (Lipinski definition) is 2. The van der Waals surface area contributed by atoms with Gasteiger partial charge >= 0.3 is 6.09 Å². The van der Waals surface area contributed by atoms with Crippen molar-refractivity contribution in [1.82, 2.24) is 4.90 Å². The molecule has 4 nitrogen and oxygen atoms in total. The van der Waals surface area contributed by atoms with Crippen LogP contribution in [0.4, 0.5) is 4.79 Å². The maximum Gasteiger partial charge on any atom is 0.407 e. The first-order chi connectivity index (χ1) is 8.50. The number of aliphatic hydroxyl groups excluding tert-OH is 1. The number of likely N-dealkylation sites (tertiary alicyclic amines) is 1. The number of piperidine rings is 1. The minimum Gasteiger partial charge on any atom is -0.465 e. The summed E-state index contributed by atoms with van der Waals surface area (Å²) in [6.45, 7) is -6.12. The van der Waals surface area contributed by atoms with Crippen LogP contribution in [0.2, 0.25) is 0 Å². The Hall–Kier alpha value is -0.770. The fourth-order valence-corrected chi connectivity index (χ4v) is 2.29. The van der Waals surface area contributed by atoms with Crippen molar-refractivity contribution in [3.05, 3.63) is 0 Å². The summed E-state index contributed by atoms with van der Waals surface area (Å²) in [5.41, 5.74) is -1.89. The van der Waals surface area contributed by atoms with Crippen LogP contribution in [0.3, 0.4) is 0 Å². The lowest BCUT2D eigenvalue weighted by Gasteiger charge is -2.26. The number of fused-ring (bicyclic) bond motifs is 1. The molecule has 2 aliphatic rings. The lowest BCUT2D eigenvalue weighted by atomic mass is 10.0. The summed E-state index contributed by atoms with van der Waals surface area (Å²) < 4.78 is 45.1. The van der Waals surface area contributed by atoms with Crippen molar-refractivity contribution in [2.45, 2.75) is 19.7 Å². The zero-order valence-corrected chi connectivity index (χ0v) is 6.90. The van der Waals surface area contributed by atoms with Gasteiger partial charge in [0.15, 0.2) is 0 Å². The summed E-state index contributed by atoms with van der Waals surface area (Å²) in [4.78, 5) is 11.9. The Balaban J connectivity index is 2.39. The minimum absolute atomic E-state index is 0.151. The molecule has 0 aromatic carbocycles. The second-order valence-electron chi connectivity index (χ2n) is 3.69. The van der Waals surface area contributed by atoms with Crippen LogP contribution in [0.5, 0.6) is 0 Å². The number of aliphatic hydroxyl groups is 1. The van der Waals surface area contributed by atoms with Gasteiger partial charge in [-0.2, -0.15) is 0 Å². The SMILES string of the molecule is [2H]C([2H])([2H])C1(C([2H])([2H])[2H])C2CN(C(=O)O)C(CO)C21. The van der Waals surface area contributed by atoms with Gasteiger partial charge in [0.25, 0.3) is 0 Å². The van der Waals surface area contributed by atoms with Gasteiger partial charge in [-0.1, -0.05) is 13.7 Å². The summed E-state index contributed by atoms with van der Waals surface area (Å²) in [6, 6.07) is -0.955. The van der Waals surface area contributed by atoms with Crippen LogP contribution >= 0.6 is 0 Å². The number of rotatable bonds is 1. The van der Waals surface area contributed by atoms with E-state index in [4.69, 9.17) is 13.3 Å². The average molecular weight is 191 g/mol. The molecule has 1 amide bonds. The second-order valence-corrected chi connectivity index (χ2v) is 3.69. The number of carbonyl (C=O) groups is 1. The normalized spacial score (nSPS) is 49.0. The molecule has 4 heteroatoms. The van der Waals surface area contributed by atoms with E-state index in [9.17, 15) is 9.90 Å². The molecule has 0 spiro atoms. The van der Waals surface area contributed by atoms with Crippen molar-refractivity contribution >= 4 is 6.09 Å². The van der Waals surface area contributed by atoms with Gasteiger partial charge in [-0.3, -0.25) is 0 Å².